The van der Waals surface area contributed by atoms with E-state index in [0.29, 0.717) is 11.1 Å². The average molecular weight is 912 g/mol. The number of hydrogen-bond acceptors (Lipinski definition) is 12. The van der Waals surface area contributed by atoms with Crippen LogP contribution in [-0.4, -0.2) is 124 Å². The monoisotopic (exact) mass is 911 g/mol. The number of rotatable bonds is 28. The highest BCUT2D eigenvalue weighted by Gasteiger charge is 2.35. The van der Waals surface area contributed by atoms with E-state index in [1.165, 1.54) is 24.3 Å². The van der Waals surface area contributed by atoms with Gasteiger partial charge in [0.2, 0.25) is 41.4 Å². The van der Waals surface area contributed by atoms with Crippen molar-refractivity contribution >= 4 is 53.3 Å². The molecule has 7 amide bonds. The Hall–Kier alpha value is -6.81. The van der Waals surface area contributed by atoms with E-state index in [4.69, 9.17) is 22.9 Å². The highest BCUT2D eigenvalue weighted by molar-refractivity contribution is 5.98. The smallest absolute Gasteiger partial charge is 0.305 e. The molecule has 2 rings (SSSR count). The van der Waals surface area contributed by atoms with Gasteiger partial charge in [-0.1, -0.05) is 70.2 Å². The van der Waals surface area contributed by atoms with Crippen LogP contribution in [0.2, 0.25) is 0 Å². The lowest BCUT2D eigenvalue weighted by atomic mass is 9.99. The number of primary amides is 1. The number of nitrogens with one attached hydrogen (secondary N) is 6. The highest BCUT2D eigenvalue weighted by atomic mass is 16.4. The van der Waals surface area contributed by atoms with Crippen molar-refractivity contribution in [2.24, 2.45) is 39.8 Å². The number of carbonyl (C=O) groups is 8. The quantitative estimate of drug-likeness (QED) is 0.0239. The fourth-order valence-corrected chi connectivity index (χ4v) is 6.43. The topological polar surface area (TPSA) is 386 Å². The number of aliphatic carboxylic acids is 1. The molecule has 0 radical (unpaired) electrons. The molecule has 0 aliphatic rings. The van der Waals surface area contributed by atoms with Gasteiger partial charge in [-0.05, 0) is 60.8 Å². The van der Waals surface area contributed by atoms with Crippen molar-refractivity contribution in [2.75, 3.05) is 13.2 Å². The Labute approximate surface area is 377 Å². The molecular formula is C43H65N11O11. The average Bonchev–Trinajstić information content (AvgIpc) is 3.23. The van der Waals surface area contributed by atoms with Crippen LogP contribution < -0.4 is 54.8 Å². The minimum atomic E-state index is -1.82. The molecule has 0 unspecified atom stereocenters. The van der Waals surface area contributed by atoms with Crippen molar-refractivity contribution in [3.63, 3.8) is 0 Å². The van der Waals surface area contributed by atoms with Gasteiger partial charge in [-0.15, -0.1) is 0 Å². The molecule has 0 spiro atoms. The fraction of sp³-hybridized carbons (Fsp3) is 0.512. The van der Waals surface area contributed by atoms with Gasteiger partial charge < -0.3 is 70.2 Å². The Morgan fingerprint density at radius 3 is 1.52 bits per heavy atom. The van der Waals surface area contributed by atoms with Crippen molar-refractivity contribution < 1.29 is 53.7 Å². The molecule has 65 heavy (non-hydrogen) atoms. The van der Waals surface area contributed by atoms with Crippen LogP contribution in [0.4, 0.5) is 0 Å². The van der Waals surface area contributed by atoms with Gasteiger partial charge in [0, 0.05) is 19.4 Å². The van der Waals surface area contributed by atoms with Gasteiger partial charge in [0.15, 0.2) is 5.96 Å². The van der Waals surface area contributed by atoms with Gasteiger partial charge in [0.05, 0.1) is 13.0 Å². The Balaban J connectivity index is 2.47. The van der Waals surface area contributed by atoms with E-state index in [-0.39, 0.29) is 68.6 Å². The van der Waals surface area contributed by atoms with Gasteiger partial charge in [-0.3, -0.25) is 43.3 Å². The molecule has 0 aromatic heterocycles. The SMILES string of the molecule is CC(C)C[C@H](NC(=O)[C@H](CC(C)C)NC(=O)[C@@H](N)CO)C(=O)N[C@@H](CC(=O)O)C(=O)N[C@@H](Cc1ccc(O)cc1)C(=O)N[C@@H](CCCN=C(N)N)C(=O)N[C@@H](Cc1ccccc1)C(N)=O. The van der Waals surface area contributed by atoms with Crippen molar-refractivity contribution in [3.8, 4) is 5.75 Å². The van der Waals surface area contributed by atoms with Crippen LogP contribution in [0, 0.1) is 11.8 Å². The number of aliphatic hydroxyl groups is 1. The molecule has 17 N–H and O–H groups in total. The molecule has 7 atom stereocenters. The fourth-order valence-electron chi connectivity index (χ4n) is 6.43. The number of guanidine groups is 1. The lowest BCUT2D eigenvalue weighted by molar-refractivity contribution is -0.141. The third kappa shape index (κ3) is 20.5. The molecule has 0 saturated carbocycles. The van der Waals surface area contributed by atoms with Crippen LogP contribution in [0.3, 0.4) is 0 Å². The number of carboxylic acids is 1. The molecule has 0 bridgehead atoms. The van der Waals surface area contributed by atoms with Gasteiger partial charge in [-0.2, -0.15) is 0 Å². The number of carbonyl (C=O) groups excluding carboxylic acids is 7. The number of phenols is 1. The molecule has 0 aliphatic carbocycles. The maximum Gasteiger partial charge on any atom is 0.305 e. The zero-order chi connectivity index (χ0) is 48.8. The first kappa shape index (κ1) is 54.3. The number of aromatic hydroxyl groups is 1. The number of phenolic OH excluding ortho intramolecular Hbond substituents is 1. The zero-order valence-corrected chi connectivity index (χ0v) is 37.1. The van der Waals surface area contributed by atoms with Crippen LogP contribution in [0.5, 0.6) is 5.75 Å². The molecule has 2 aromatic carbocycles. The molecule has 0 aliphatic heterocycles. The first-order valence-electron chi connectivity index (χ1n) is 21.2. The first-order chi connectivity index (χ1) is 30.6. The number of amides is 7. The number of carboxylic acid groups (broad SMARTS) is 1. The standard InChI is InChI=1S/C43H65N11O11/c1-23(2)17-31(51-37(60)28(44)22-55)39(62)52-32(18-24(3)4)40(63)54-34(21-35(57)58)42(65)53-33(20-26-12-14-27(56)15-13-26)41(64)49-29(11-8-16-48-43(46)47)38(61)50-30(36(45)59)19-25-9-6-5-7-10-25/h5-7,9-10,12-15,23-24,28-34,55-56H,8,11,16-22,44H2,1-4H3,(H2,45,59)(H,49,64)(H,50,61)(H,51,60)(H,52,62)(H,53,65)(H,54,63)(H,57,58)(H4,46,47,48)/t28-,29-,30-,31-,32-,33-,34-/m0/s1. The van der Waals surface area contributed by atoms with Crippen molar-refractivity contribution in [1.82, 2.24) is 31.9 Å². The molecule has 2 aromatic rings. The molecule has 22 nitrogen and oxygen atoms in total. The van der Waals surface area contributed by atoms with Crippen molar-refractivity contribution in [2.45, 2.75) is 115 Å². The predicted molar refractivity (Wildman–Crippen MR) is 239 cm³/mol. The highest BCUT2D eigenvalue weighted by Crippen LogP contribution is 2.14. The van der Waals surface area contributed by atoms with Gasteiger partial charge in [0.1, 0.15) is 48.0 Å². The summed E-state index contributed by atoms with van der Waals surface area (Å²) in [6.07, 6.45) is -0.973. The molecule has 0 saturated heterocycles. The predicted octanol–water partition coefficient (Wildman–Crippen LogP) is -2.49. The Bertz CT molecular complexity index is 1940. The van der Waals surface area contributed by atoms with Crippen LogP contribution in [0.15, 0.2) is 59.6 Å². The number of aliphatic hydroxyl groups excluding tert-OH is 1. The minimum absolute atomic E-state index is 0.0119. The molecule has 0 fully saturated rings. The van der Waals surface area contributed by atoms with Crippen LogP contribution in [0.25, 0.3) is 0 Å². The van der Waals surface area contributed by atoms with Gasteiger partial charge in [-0.25, -0.2) is 0 Å². The summed E-state index contributed by atoms with van der Waals surface area (Å²) in [5, 5.41) is 44.2. The lowest BCUT2D eigenvalue weighted by Gasteiger charge is -2.28. The third-order valence-electron chi connectivity index (χ3n) is 9.76. The van der Waals surface area contributed by atoms with Crippen LogP contribution in [0.1, 0.15) is 70.9 Å². The Morgan fingerprint density at radius 1 is 0.585 bits per heavy atom. The summed E-state index contributed by atoms with van der Waals surface area (Å²) in [5.41, 5.74) is 23.3. The maximum absolute atomic E-state index is 14.2. The second-order valence-electron chi connectivity index (χ2n) is 16.4. The number of nitrogens with zero attached hydrogens (tertiary/aromatic N) is 1. The van der Waals surface area contributed by atoms with Gasteiger partial charge >= 0.3 is 5.97 Å². The van der Waals surface area contributed by atoms with Crippen molar-refractivity contribution in [1.29, 1.82) is 0 Å². The summed E-state index contributed by atoms with van der Waals surface area (Å²) in [4.78, 5) is 110. The zero-order valence-electron chi connectivity index (χ0n) is 37.1. The minimum Gasteiger partial charge on any atom is -0.508 e. The maximum atomic E-state index is 14.2. The lowest BCUT2D eigenvalue weighted by Crippen LogP contribution is -2.60. The Kier molecular flexibility index (Phi) is 22.9. The molecule has 358 valence electrons. The summed E-state index contributed by atoms with van der Waals surface area (Å²) in [5.74, 6) is -8.42. The van der Waals surface area contributed by atoms with E-state index < -0.39 is 103 Å². The number of benzene rings is 2. The van der Waals surface area contributed by atoms with Crippen molar-refractivity contribution in [3.05, 3.63) is 65.7 Å². The summed E-state index contributed by atoms with van der Waals surface area (Å²) in [7, 11) is 0. The molecular weight excluding hydrogens is 847 g/mol. The van der Waals surface area contributed by atoms with E-state index in [0.717, 1.165) is 0 Å². The Morgan fingerprint density at radius 2 is 1.02 bits per heavy atom. The second kappa shape index (κ2) is 27.4. The van der Waals surface area contributed by atoms with E-state index in [1.807, 2.05) is 0 Å². The van der Waals surface area contributed by atoms with E-state index in [2.05, 4.69) is 36.9 Å². The summed E-state index contributed by atoms with van der Waals surface area (Å²) >= 11 is 0. The van der Waals surface area contributed by atoms with E-state index >= 15 is 0 Å². The first-order valence-corrected chi connectivity index (χ1v) is 21.2. The summed E-state index contributed by atoms with van der Waals surface area (Å²) in [6.45, 7) is 6.45. The van der Waals surface area contributed by atoms with E-state index in [1.54, 1.807) is 58.0 Å². The normalized spacial score (nSPS) is 14.3. The summed E-state index contributed by atoms with van der Waals surface area (Å²) in [6, 6.07) is 4.56. The van der Waals surface area contributed by atoms with E-state index in [9.17, 15) is 53.7 Å². The number of aliphatic imine (C=N–C) groups is 1. The largest absolute Gasteiger partial charge is 0.508 e. The number of nitrogens with two attached hydrogens (primary N) is 4. The second-order valence-corrected chi connectivity index (χ2v) is 16.4. The van der Waals surface area contributed by atoms with Gasteiger partial charge in [0.25, 0.3) is 0 Å². The number of hydrogen-bond donors (Lipinski definition) is 13. The molecule has 22 heteroatoms. The van der Waals surface area contributed by atoms with Crippen LogP contribution >= 0.6 is 0 Å². The third-order valence-corrected chi connectivity index (χ3v) is 9.76. The van der Waals surface area contributed by atoms with Crippen LogP contribution in [-0.2, 0) is 51.2 Å². The summed E-state index contributed by atoms with van der Waals surface area (Å²) < 4.78 is 0. The molecule has 0 heterocycles.